The van der Waals surface area contributed by atoms with Gasteiger partial charge in [0, 0.05) is 0 Å². The Hall–Kier alpha value is -1.37. The van der Waals surface area contributed by atoms with Gasteiger partial charge in [-0.15, -0.1) is 12.4 Å². The van der Waals surface area contributed by atoms with E-state index in [1.807, 2.05) is 18.2 Å². The van der Waals surface area contributed by atoms with Gasteiger partial charge < -0.3 is 15.8 Å². The van der Waals surface area contributed by atoms with E-state index < -0.39 is 6.04 Å². The Balaban J connectivity index is 0.00000162. The van der Waals surface area contributed by atoms with Crippen molar-refractivity contribution in [2.45, 2.75) is 13.0 Å². The van der Waals surface area contributed by atoms with Crippen LogP contribution >= 0.6 is 23.7 Å². The molecule has 0 fully saturated rings. The van der Waals surface area contributed by atoms with Gasteiger partial charge in [0.2, 0.25) is 5.91 Å². The van der Waals surface area contributed by atoms with Crippen LogP contribution in [-0.2, 0) is 4.79 Å². The van der Waals surface area contributed by atoms with Gasteiger partial charge in [-0.2, -0.15) is 0 Å². The molecule has 3 N–H and O–H groups in total. The molecule has 7 heteroatoms. The molecule has 1 heterocycles. The summed E-state index contributed by atoms with van der Waals surface area (Å²) >= 11 is 1.39. The van der Waals surface area contributed by atoms with Crippen molar-refractivity contribution >= 4 is 45.0 Å². The molecule has 18 heavy (non-hydrogen) atoms. The standard InChI is InChI=1S/C11H13N3O2S.ClH/c1-6(12)10(15)14-11-13-8-4-3-7(16-2)5-9(8)17-11;/h3-6H,12H2,1-2H3,(H,13,14,15);1H/t6-;/m0./s1. The zero-order valence-electron chi connectivity index (χ0n) is 9.97. The molecule has 0 spiro atoms. The topological polar surface area (TPSA) is 77.2 Å². The van der Waals surface area contributed by atoms with Crippen LogP contribution in [0.1, 0.15) is 6.92 Å². The summed E-state index contributed by atoms with van der Waals surface area (Å²) in [6.07, 6.45) is 0. The maximum Gasteiger partial charge on any atom is 0.242 e. The number of nitrogens with one attached hydrogen (secondary N) is 1. The maximum absolute atomic E-state index is 11.4. The lowest BCUT2D eigenvalue weighted by Gasteiger charge is -2.02. The van der Waals surface area contributed by atoms with E-state index in [-0.39, 0.29) is 18.3 Å². The summed E-state index contributed by atoms with van der Waals surface area (Å²) < 4.78 is 6.08. The summed E-state index contributed by atoms with van der Waals surface area (Å²) in [5.74, 6) is 0.530. The lowest BCUT2D eigenvalue weighted by Crippen LogP contribution is -2.32. The summed E-state index contributed by atoms with van der Waals surface area (Å²) in [6, 6.07) is 5.02. The molecule has 2 aromatic rings. The highest BCUT2D eigenvalue weighted by atomic mass is 35.5. The third-order valence-corrected chi connectivity index (χ3v) is 3.17. The van der Waals surface area contributed by atoms with Crippen LogP contribution in [0.3, 0.4) is 0 Å². The van der Waals surface area contributed by atoms with Crippen LogP contribution in [0.25, 0.3) is 10.2 Å². The Kier molecular flexibility index (Phi) is 4.89. The first-order valence-corrected chi connectivity index (χ1v) is 5.93. The highest BCUT2D eigenvalue weighted by Crippen LogP contribution is 2.29. The van der Waals surface area contributed by atoms with Crippen molar-refractivity contribution < 1.29 is 9.53 Å². The summed E-state index contributed by atoms with van der Waals surface area (Å²) in [6.45, 7) is 1.63. The number of carbonyl (C=O) groups excluding carboxylic acids is 1. The zero-order chi connectivity index (χ0) is 12.4. The number of anilines is 1. The minimum atomic E-state index is -0.545. The predicted octanol–water partition coefficient (Wildman–Crippen LogP) is 2.01. The molecule has 2 rings (SSSR count). The normalized spacial score (nSPS) is 11.7. The van der Waals surface area contributed by atoms with E-state index in [0.717, 1.165) is 16.0 Å². The first kappa shape index (κ1) is 14.7. The van der Waals surface area contributed by atoms with Crippen LogP contribution in [0, 0.1) is 0 Å². The van der Waals surface area contributed by atoms with Gasteiger partial charge >= 0.3 is 0 Å². The molecule has 0 radical (unpaired) electrons. The molecule has 1 amide bonds. The van der Waals surface area contributed by atoms with Crippen molar-refractivity contribution in [3.63, 3.8) is 0 Å². The molecule has 98 valence electrons. The number of nitrogens with zero attached hydrogens (tertiary/aromatic N) is 1. The van der Waals surface area contributed by atoms with Crippen LogP contribution in [0.4, 0.5) is 5.13 Å². The Morgan fingerprint density at radius 3 is 2.89 bits per heavy atom. The van der Waals surface area contributed by atoms with E-state index in [9.17, 15) is 4.79 Å². The van der Waals surface area contributed by atoms with Crippen LogP contribution in [-0.4, -0.2) is 24.0 Å². The lowest BCUT2D eigenvalue weighted by molar-refractivity contribution is -0.117. The smallest absolute Gasteiger partial charge is 0.242 e. The van der Waals surface area contributed by atoms with E-state index in [0.29, 0.717) is 5.13 Å². The molecular formula is C11H14ClN3O2S. The number of amides is 1. The second kappa shape index (κ2) is 5.99. The Morgan fingerprint density at radius 1 is 1.56 bits per heavy atom. The number of hydrogen-bond donors (Lipinski definition) is 2. The number of rotatable bonds is 3. The Morgan fingerprint density at radius 2 is 2.28 bits per heavy atom. The fourth-order valence-corrected chi connectivity index (χ4v) is 2.20. The van der Waals surface area contributed by atoms with Gasteiger partial charge in [0.25, 0.3) is 0 Å². The average molecular weight is 288 g/mol. The highest BCUT2D eigenvalue weighted by Gasteiger charge is 2.11. The molecule has 0 aliphatic heterocycles. The van der Waals surface area contributed by atoms with Crippen molar-refractivity contribution in [2.75, 3.05) is 12.4 Å². The van der Waals surface area contributed by atoms with Crippen molar-refractivity contribution in [3.8, 4) is 5.75 Å². The van der Waals surface area contributed by atoms with E-state index in [1.54, 1.807) is 14.0 Å². The molecule has 1 aromatic heterocycles. The summed E-state index contributed by atoms with van der Waals surface area (Å²) in [4.78, 5) is 15.7. The summed E-state index contributed by atoms with van der Waals surface area (Å²) in [5.41, 5.74) is 6.30. The maximum atomic E-state index is 11.4. The molecule has 1 aromatic carbocycles. The zero-order valence-corrected chi connectivity index (χ0v) is 11.6. The number of halogens is 1. The first-order chi connectivity index (χ1) is 8.10. The molecule has 0 unspecified atom stereocenters. The predicted molar refractivity (Wildman–Crippen MR) is 75.7 cm³/mol. The first-order valence-electron chi connectivity index (χ1n) is 5.11. The third kappa shape index (κ3) is 3.10. The van der Waals surface area contributed by atoms with Gasteiger partial charge in [0.05, 0.1) is 23.4 Å². The number of nitrogens with two attached hydrogens (primary N) is 1. The van der Waals surface area contributed by atoms with E-state index in [4.69, 9.17) is 10.5 Å². The minimum absolute atomic E-state index is 0. The third-order valence-electron chi connectivity index (χ3n) is 2.24. The van der Waals surface area contributed by atoms with E-state index in [1.165, 1.54) is 11.3 Å². The van der Waals surface area contributed by atoms with Crippen LogP contribution < -0.4 is 15.8 Å². The Bertz CT molecular complexity index is 556. The molecular weight excluding hydrogens is 274 g/mol. The van der Waals surface area contributed by atoms with Crippen LogP contribution in [0.2, 0.25) is 0 Å². The number of ether oxygens (including phenoxy) is 1. The SMILES string of the molecule is COc1ccc2nc(NC(=O)[C@H](C)N)sc2c1.Cl. The van der Waals surface area contributed by atoms with Crippen molar-refractivity contribution in [2.24, 2.45) is 5.73 Å². The molecule has 1 atom stereocenters. The highest BCUT2D eigenvalue weighted by molar-refractivity contribution is 7.22. The number of thiazole rings is 1. The van der Waals surface area contributed by atoms with Crippen molar-refractivity contribution in [1.82, 2.24) is 4.98 Å². The second-order valence-corrected chi connectivity index (χ2v) is 4.66. The Labute approximate surface area is 115 Å². The van der Waals surface area contributed by atoms with Crippen molar-refractivity contribution in [3.05, 3.63) is 18.2 Å². The summed E-state index contributed by atoms with van der Waals surface area (Å²) in [7, 11) is 1.61. The minimum Gasteiger partial charge on any atom is -0.497 e. The molecule has 0 saturated carbocycles. The molecule has 0 aliphatic carbocycles. The molecule has 0 aliphatic rings. The quantitative estimate of drug-likeness (QED) is 0.905. The van der Waals surface area contributed by atoms with E-state index >= 15 is 0 Å². The van der Waals surface area contributed by atoms with Crippen molar-refractivity contribution in [1.29, 1.82) is 0 Å². The fraction of sp³-hybridized carbons (Fsp3) is 0.273. The van der Waals surface area contributed by atoms with E-state index in [2.05, 4.69) is 10.3 Å². The largest absolute Gasteiger partial charge is 0.497 e. The fourth-order valence-electron chi connectivity index (χ4n) is 1.30. The number of methoxy groups -OCH3 is 1. The molecule has 0 saturated heterocycles. The lowest BCUT2D eigenvalue weighted by atomic mass is 10.3. The van der Waals surface area contributed by atoms with Gasteiger partial charge in [-0.25, -0.2) is 4.98 Å². The van der Waals surface area contributed by atoms with Crippen LogP contribution in [0.15, 0.2) is 18.2 Å². The second-order valence-electron chi connectivity index (χ2n) is 3.63. The van der Waals surface area contributed by atoms with Gasteiger partial charge in [-0.3, -0.25) is 4.79 Å². The molecule has 0 bridgehead atoms. The molecule has 5 nitrogen and oxygen atoms in total. The van der Waals surface area contributed by atoms with Gasteiger partial charge in [-0.1, -0.05) is 11.3 Å². The average Bonchev–Trinajstić information content (AvgIpc) is 2.69. The number of hydrogen-bond acceptors (Lipinski definition) is 5. The van der Waals surface area contributed by atoms with Gasteiger partial charge in [-0.05, 0) is 25.1 Å². The van der Waals surface area contributed by atoms with Gasteiger partial charge in [0.15, 0.2) is 5.13 Å². The monoisotopic (exact) mass is 287 g/mol. The van der Waals surface area contributed by atoms with Gasteiger partial charge in [0.1, 0.15) is 5.75 Å². The summed E-state index contributed by atoms with van der Waals surface area (Å²) in [5, 5.41) is 3.22. The number of fused-ring (bicyclic) bond motifs is 1. The van der Waals surface area contributed by atoms with Crippen LogP contribution in [0.5, 0.6) is 5.75 Å². The number of carbonyl (C=O) groups is 1. The number of aromatic nitrogens is 1. The number of benzene rings is 1.